The van der Waals surface area contributed by atoms with Crippen LogP contribution >= 0.6 is 11.6 Å². The number of halogens is 1. The Morgan fingerprint density at radius 1 is 1.58 bits per heavy atom. The van der Waals surface area contributed by atoms with Crippen molar-refractivity contribution in [2.45, 2.75) is 12.8 Å². The number of rotatable bonds is 4. The van der Waals surface area contributed by atoms with E-state index in [1.165, 1.54) is 0 Å². The summed E-state index contributed by atoms with van der Waals surface area (Å²) in [5, 5.41) is 14.6. The van der Waals surface area contributed by atoms with Crippen molar-refractivity contribution in [2.24, 2.45) is 5.92 Å². The number of nitrogens with one attached hydrogen (secondary N) is 1. The number of nitro groups is 1. The van der Waals surface area contributed by atoms with E-state index in [4.69, 9.17) is 11.6 Å². The molecule has 0 aliphatic carbocycles. The molecule has 1 heterocycles. The normalized spacial score (nSPS) is 19.5. The molecule has 1 aliphatic heterocycles. The molecule has 2 rings (SSSR count). The average Bonchev–Trinajstić information content (AvgIpc) is 2.38. The second-order valence-corrected chi connectivity index (χ2v) is 5.28. The topological polar surface area (TPSA) is 58.4 Å². The lowest BCUT2D eigenvalue weighted by Crippen LogP contribution is -2.39. The lowest BCUT2D eigenvalue weighted by atomic mass is 9.97. The van der Waals surface area contributed by atoms with Crippen LogP contribution in [0.25, 0.3) is 0 Å². The SMILES string of the molecule is CNCC1CCCN(c2cccc(Cl)c2[N+](=O)[O-])C1. The van der Waals surface area contributed by atoms with Crippen LogP contribution in [0.4, 0.5) is 11.4 Å². The van der Waals surface area contributed by atoms with Crippen LogP contribution in [-0.4, -0.2) is 31.6 Å². The van der Waals surface area contributed by atoms with Crippen molar-refractivity contribution in [1.82, 2.24) is 5.32 Å². The molecule has 0 aromatic heterocycles. The third-order valence-electron chi connectivity index (χ3n) is 3.50. The van der Waals surface area contributed by atoms with Crippen molar-refractivity contribution in [1.29, 1.82) is 0 Å². The van der Waals surface area contributed by atoms with Gasteiger partial charge in [0.1, 0.15) is 10.7 Å². The van der Waals surface area contributed by atoms with E-state index in [9.17, 15) is 10.1 Å². The van der Waals surface area contributed by atoms with Gasteiger partial charge >= 0.3 is 5.69 Å². The standard InChI is InChI=1S/C13H18ClN3O2/c1-15-8-10-4-3-7-16(9-10)12-6-2-5-11(14)13(12)17(18)19/h2,5-6,10,15H,3-4,7-9H2,1H3. The highest BCUT2D eigenvalue weighted by molar-refractivity contribution is 6.33. The zero-order valence-corrected chi connectivity index (χ0v) is 11.7. The highest BCUT2D eigenvalue weighted by Gasteiger charge is 2.26. The van der Waals surface area contributed by atoms with E-state index in [1.54, 1.807) is 18.2 Å². The Kier molecular flexibility index (Phi) is 4.61. The predicted molar refractivity (Wildman–Crippen MR) is 77.0 cm³/mol. The summed E-state index contributed by atoms with van der Waals surface area (Å²) in [6, 6.07) is 5.12. The van der Waals surface area contributed by atoms with Crippen molar-refractivity contribution in [3.05, 3.63) is 33.3 Å². The summed E-state index contributed by atoms with van der Waals surface area (Å²) >= 11 is 5.96. The monoisotopic (exact) mass is 283 g/mol. The van der Waals surface area contributed by atoms with Crippen LogP contribution in [0.5, 0.6) is 0 Å². The van der Waals surface area contributed by atoms with Crippen LogP contribution < -0.4 is 10.2 Å². The van der Waals surface area contributed by atoms with Gasteiger partial charge in [-0.1, -0.05) is 17.7 Å². The first kappa shape index (κ1) is 14.1. The van der Waals surface area contributed by atoms with Crippen molar-refractivity contribution in [2.75, 3.05) is 31.6 Å². The molecule has 1 aliphatic rings. The van der Waals surface area contributed by atoms with E-state index < -0.39 is 0 Å². The predicted octanol–water partition coefficient (Wildman–Crippen LogP) is 2.68. The molecule has 0 saturated carbocycles. The molecule has 5 nitrogen and oxygen atoms in total. The number of piperidine rings is 1. The first-order valence-corrected chi connectivity index (χ1v) is 6.83. The number of para-hydroxylation sites is 1. The zero-order valence-electron chi connectivity index (χ0n) is 10.9. The van der Waals surface area contributed by atoms with Crippen LogP contribution in [0.15, 0.2) is 18.2 Å². The summed E-state index contributed by atoms with van der Waals surface area (Å²) < 4.78 is 0. The summed E-state index contributed by atoms with van der Waals surface area (Å²) in [6.45, 7) is 2.62. The van der Waals surface area contributed by atoms with Crippen molar-refractivity contribution in [3.63, 3.8) is 0 Å². The van der Waals surface area contributed by atoms with Gasteiger partial charge in [0, 0.05) is 13.1 Å². The maximum atomic E-state index is 11.2. The smallest absolute Gasteiger partial charge is 0.310 e. The maximum absolute atomic E-state index is 11.2. The summed E-state index contributed by atoms with van der Waals surface area (Å²) in [7, 11) is 1.93. The van der Waals surface area contributed by atoms with Crippen molar-refractivity contribution in [3.8, 4) is 0 Å². The minimum absolute atomic E-state index is 0.0225. The molecule has 1 atom stereocenters. The van der Waals surface area contributed by atoms with Gasteiger partial charge < -0.3 is 10.2 Å². The van der Waals surface area contributed by atoms with Gasteiger partial charge in [-0.25, -0.2) is 0 Å². The highest BCUT2D eigenvalue weighted by Crippen LogP contribution is 2.36. The Bertz CT molecular complexity index is 465. The Morgan fingerprint density at radius 2 is 2.37 bits per heavy atom. The molecule has 0 amide bonds. The van der Waals surface area contributed by atoms with Gasteiger partial charge in [-0.3, -0.25) is 10.1 Å². The van der Waals surface area contributed by atoms with Crippen molar-refractivity contribution < 1.29 is 4.92 Å². The van der Waals surface area contributed by atoms with E-state index in [-0.39, 0.29) is 15.6 Å². The molecule has 0 radical (unpaired) electrons. The quantitative estimate of drug-likeness (QED) is 0.682. The molecular weight excluding hydrogens is 266 g/mol. The molecular formula is C13H18ClN3O2. The molecule has 1 saturated heterocycles. The molecule has 0 bridgehead atoms. The molecule has 104 valence electrons. The fourth-order valence-corrected chi connectivity index (χ4v) is 2.92. The van der Waals surface area contributed by atoms with Gasteiger partial charge in [0.15, 0.2) is 0 Å². The zero-order chi connectivity index (χ0) is 13.8. The van der Waals surface area contributed by atoms with Gasteiger partial charge in [0.25, 0.3) is 0 Å². The van der Waals surface area contributed by atoms with E-state index in [2.05, 4.69) is 10.2 Å². The number of anilines is 1. The van der Waals surface area contributed by atoms with Crippen LogP contribution in [0.1, 0.15) is 12.8 Å². The van der Waals surface area contributed by atoms with Gasteiger partial charge in [-0.15, -0.1) is 0 Å². The van der Waals surface area contributed by atoms with E-state index in [0.717, 1.165) is 32.5 Å². The molecule has 1 fully saturated rings. The molecule has 6 heteroatoms. The fraction of sp³-hybridized carbons (Fsp3) is 0.538. The Balaban J connectivity index is 2.26. The molecule has 1 aromatic carbocycles. The van der Waals surface area contributed by atoms with E-state index >= 15 is 0 Å². The molecule has 1 N–H and O–H groups in total. The third kappa shape index (κ3) is 3.16. The summed E-state index contributed by atoms with van der Waals surface area (Å²) in [6.07, 6.45) is 2.21. The Morgan fingerprint density at radius 3 is 3.05 bits per heavy atom. The summed E-state index contributed by atoms with van der Waals surface area (Å²) in [5.74, 6) is 0.525. The van der Waals surface area contributed by atoms with Gasteiger partial charge in [-0.05, 0) is 44.5 Å². The summed E-state index contributed by atoms with van der Waals surface area (Å²) in [4.78, 5) is 12.9. The molecule has 1 unspecified atom stereocenters. The van der Waals surface area contributed by atoms with Gasteiger partial charge in [-0.2, -0.15) is 0 Å². The average molecular weight is 284 g/mol. The highest BCUT2D eigenvalue weighted by atomic mass is 35.5. The number of hydrogen-bond donors (Lipinski definition) is 1. The summed E-state index contributed by atoms with van der Waals surface area (Å²) in [5.41, 5.74) is 0.660. The second-order valence-electron chi connectivity index (χ2n) is 4.88. The van der Waals surface area contributed by atoms with Crippen LogP contribution in [-0.2, 0) is 0 Å². The molecule has 19 heavy (non-hydrogen) atoms. The fourth-order valence-electron chi connectivity index (χ4n) is 2.68. The second kappa shape index (κ2) is 6.21. The van der Waals surface area contributed by atoms with Crippen LogP contribution in [0.2, 0.25) is 5.02 Å². The number of hydrogen-bond acceptors (Lipinski definition) is 4. The number of benzene rings is 1. The van der Waals surface area contributed by atoms with Gasteiger partial charge in [0.2, 0.25) is 0 Å². The van der Waals surface area contributed by atoms with Crippen LogP contribution in [0.3, 0.4) is 0 Å². The van der Waals surface area contributed by atoms with Crippen molar-refractivity contribution >= 4 is 23.0 Å². The lowest BCUT2D eigenvalue weighted by molar-refractivity contribution is -0.384. The lowest BCUT2D eigenvalue weighted by Gasteiger charge is -2.34. The van der Waals surface area contributed by atoms with E-state index in [1.807, 2.05) is 7.05 Å². The first-order chi connectivity index (χ1) is 9.13. The minimum Gasteiger partial charge on any atom is -0.366 e. The number of nitrogens with zero attached hydrogens (tertiary/aromatic N) is 2. The third-order valence-corrected chi connectivity index (χ3v) is 3.81. The van der Waals surface area contributed by atoms with Gasteiger partial charge in [0.05, 0.1) is 4.92 Å². The van der Waals surface area contributed by atoms with Crippen LogP contribution in [0, 0.1) is 16.0 Å². The Hall–Kier alpha value is -1.33. The maximum Gasteiger partial charge on any atom is 0.310 e. The Labute approximate surface area is 117 Å². The molecule has 0 spiro atoms. The minimum atomic E-state index is -0.390. The molecule has 1 aromatic rings. The first-order valence-electron chi connectivity index (χ1n) is 6.46. The van der Waals surface area contributed by atoms with E-state index in [0.29, 0.717) is 11.6 Å². The largest absolute Gasteiger partial charge is 0.366 e. The number of nitro benzene ring substituents is 1.